The molecule has 156 valence electrons. The van der Waals surface area contributed by atoms with Gasteiger partial charge in [0, 0.05) is 10.6 Å². The van der Waals surface area contributed by atoms with E-state index in [9.17, 15) is 13.2 Å². The molecule has 0 aliphatic rings. The molecule has 0 aliphatic carbocycles. The SMILES string of the molecule is COc1ccc(S(=O)(=O)Nc2ccc(Cl)c(Cl)c2)cc1NC(=O)c1ccc(Cl)cc1. The third-order valence-corrected chi connectivity index (χ3v) is 6.38. The lowest BCUT2D eigenvalue weighted by Gasteiger charge is -2.14. The molecule has 2 N–H and O–H groups in total. The van der Waals surface area contributed by atoms with Crippen LogP contribution in [0.15, 0.2) is 65.6 Å². The van der Waals surface area contributed by atoms with Crippen molar-refractivity contribution >= 4 is 62.1 Å². The largest absolute Gasteiger partial charge is 0.495 e. The second kappa shape index (κ2) is 9.14. The van der Waals surface area contributed by atoms with E-state index in [0.717, 1.165) is 0 Å². The molecule has 0 saturated heterocycles. The first-order valence-electron chi connectivity index (χ1n) is 8.42. The molecule has 0 unspecified atom stereocenters. The molecule has 0 aliphatic heterocycles. The lowest BCUT2D eigenvalue weighted by atomic mass is 10.2. The maximum absolute atomic E-state index is 12.8. The summed E-state index contributed by atoms with van der Waals surface area (Å²) >= 11 is 17.6. The average Bonchev–Trinajstić information content (AvgIpc) is 2.71. The van der Waals surface area contributed by atoms with Crippen LogP contribution in [0.2, 0.25) is 15.1 Å². The first kappa shape index (κ1) is 22.2. The molecule has 3 aromatic carbocycles. The van der Waals surface area contributed by atoms with Crippen molar-refractivity contribution in [3.05, 3.63) is 81.3 Å². The van der Waals surface area contributed by atoms with Crippen LogP contribution < -0.4 is 14.8 Å². The van der Waals surface area contributed by atoms with Gasteiger partial charge in [-0.15, -0.1) is 0 Å². The maximum atomic E-state index is 12.8. The minimum atomic E-state index is -3.97. The van der Waals surface area contributed by atoms with Crippen LogP contribution in [0.4, 0.5) is 11.4 Å². The van der Waals surface area contributed by atoms with Gasteiger partial charge in [0.2, 0.25) is 0 Å². The predicted molar refractivity (Wildman–Crippen MR) is 120 cm³/mol. The zero-order valence-corrected chi connectivity index (χ0v) is 18.5. The number of carbonyl (C=O) groups excluding carboxylic acids is 1. The molecule has 1 amide bonds. The highest BCUT2D eigenvalue weighted by Gasteiger charge is 2.19. The van der Waals surface area contributed by atoms with Gasteiger partial charge in [-0.3, -0.25) is 9.52 Å². The summed E-state index contributed by atoms with van der Waals surface area (Å²) < 4.78 is 33.2. The van der Waals surface area contributed by atoms with E-state index in [0.29, 0.717) is 21.4 Å². The number of methoxy groups -OCH3 is 1. The number of rotatable bonds is 6. The Morgan fingerprint density at radius 1 is 0.900 bits per heavy atom. The average molecular weight is 486 g/mol. The van der Waals surface area contributed by atoms with Crippen LogP contribution in [-0.4, -0.2) is 21.4 Å². The van der Waals surface area contributed by atoms with Crippen LogP contribution in [-0.2, 0) is 10.0 Å². The molecule has 0 spiro atoms. The summed E-state index contributed by atoms with van der Waals surface area (Å²) in [5, 5.41) is 3.66. The summed E-state index contributed by atoms with van der Waals surface area (Å²) in [5.41, 5.74) is 0.782. The van der Waals surface area contributed by atoms with Crippen molar-refractivity contribution in [2.24, 2.45) is 0 Å². The van der Waals surface area contributed by atoms with Crippen LogP contribution in [0.25, 0.3) is 0 Å². The fourth-order valence-electron chi connectivity index (χ4n) is 2.52. The van der Waals surface area contributed by atoms with Crippen LogP contribution in [0.1, 0.15) is 10.4 Å². The van der Waals surface area contributed by atoms with Gasteiger partial charge in [0.1, 0.15) is 5.75 Å². The summed E-state index contributed by atoms with van der Waals surface area (Å²) in [6.07, 6.45) is 0. The van der Waals surface area contributed by atoms with Crippen molar-refractivity contribution in [2.45, 2.75) is 4.90 Å². The highest BCUT2D eigenvalue weighted by Crippen LogP contribution is 2.30. The monoisotopic (exact) mass is 484 g/mol. The lowest BCUT2D eigenvalue weighted by Crippen LogP contribution is -2.15. The Kier molecular flexibility index (Phi) is 6.77. The molecular weight excluding hydrogens is 471 g/mol. The van der Waals surface area contributed by atoms with Crippen LogP contribution in [0.5, 0.6) is 5.75 Å². The Labute approximate surface area is 188 Å². The highest BCUT2D eigenvalue weighted by atomic mass is 35.5. The molecule has 6 nitrogen and oxygen atoms in total. The molecule has 0 heterocycles. The van der Waals surface area contributed by atoms with E-state index in [1.165, 1.54) is 43.5 Å². The van der Waals surface area contributed by atoms with Gasteiger partial charge in [-0.05, 0) is 60.7 Å². The zero-order chi connectivity index (χ0) is 21.9. The number of halogens is 3. The maximum Gasteiger partial charge on any atom is 0.261 e. The van der Waals surface area contributed by atoms with E-state index in [1.54, 1.807) is 24.3 Å². The third-order valence-electron chi connectivity index (χ3n) is 4.01. The first-order valence-corrected chi connectivity index (χ1v) is 11.0. The molecule has 3 aromatic rings. The van der Waals surface area contributed by atoms with Crippen LogP contribution >= 0.6 is 34.8 Å². The summed E-state index contributed by atoms with van der Waals surface area (Å²) in [7, 11) is -2.56. The summed E-state index contributed by atoms with van der Waals surface area (Å²) in [6, 6.07) is 14.7. The summed E-state index contributed by atoms with van der Waals surface area (Å²) in [5.74, 6) is -0.150. The number of hydrogen-bond acceptors (Lipinski definition) is 4. The van der Waals surface area contributed by atoms with E-state index in [-0.39, 0.29) is 21.3 Å². The van der Waals surface area contributed by atoms with Crippen molar-refractivity contribution < 1.29 is 17.9 Å². The van der Waals surface area contributed by atoms with E-state index in [1.807, 2.05) is 0 Å². The van der Waals surface area contributed by atoms with Crippen molar-refractivity contribution in [2.75, 3.05) is 17.1 Å². The quantitative estimate of drug-likeness (QED) is 0.468. The van der Waals surface area contributed by atoms with E-state index in [2.05, 4.69) is 10.0 Å². The molecule has 10 heteroatoms. The fourth-order valence-corrected chi connectivity index (χ4v) is 4.02. The van der Waals surface area contributed by atoms with Crippen LogP contribution in [0, 0.1) is 0 Å². The Hall–Kier alpha value is -2.45. The minimum Gasteiger partial charge on any atom is -0.495 e. The number of ether oxygens (including phenoxy) is 1. The van der Waals surface area contributed by atoms with Gasteiger partial charge in [-0.25, -0.2) is 8.42 Å². The second-order valence-corrected chi connectivity index (χ2v) is 8.99. The third kappa shape index (κ3) is 5.17. The zero-order valence-electron chi connectivity index (χ0n) is 15.4. The Balaban J connectivity index is 1.89. The Morgan fingerprint density at radius 3 is 2.23 bits per heavy atom. The number of sulfonamides is 1. The van der Waals surface area contributed by atoms with Gasteiger partial charge < -0.3 is 10.1 Å². The number of carbonyl (C=O) groups is 1. The van der Waals surface area contributed by atoms with Crippen molar-refractivity contribution in [3.8, 4) is 5.75 Å². The van der Waals surface area contributed by atoms with Crippen molar-refractivity contribution in [1.82, 2.24) is 0 Å². The highest BCUT2D eigenvalue weighted by molar-refractivity contribution is 7.92. The predicted octanol–water partition coefficient (Wildman–Crippen LogP) is 5.71. The molecule has 30 heavy (non-hydrogen) atoms. The van der Waals surface area contributed by atoms with Gasteiger partial charge in [-0.1, -0.05) is 34.8 Å². The second-order valence-electron chi connectivity index (χ2n) is 6.06. The smallest absolute Gasteiger partial charge is 0.261 e. The van der Waals surface area contributed by atoms with Gasteiger partial charge in [-0.2, -0.15) is 0 Å². The lowest BCUT2D eigenvalue weighted by molar-refractivity contribution is 0.102. The van der Waals surface area contributed by atoms with Gasteiger partial charge >= 0.3 is 0 Å². The number of nitrogens with one attached hydrogen (secondary N) is 2. The molecule has 3 rings (SSSR count). The number of benzene rings is 3. The molecule has 0 saturated carbocycles. The Morgan fingerprint density at radius 2 is 1.60 bits per heavy atom. The number of anilines is 2. The molecule has 0 radical (unpaired) electrons. The van der Waals surface area contributed by atoms with Crippen LogP contribution in [0.3, 0.4) is 0 Å². The van der Waals surface area contributed by atoms with Crippen molar-refractivity contribution in [3.63, 3.8) is 0 Å². The summed E-state index contributed by atoms with van der Waals surface area (Å²) in [4.78, 5) is 12.4. The molecule has 0 atom stereocenters. The van der Waals surface area contributed by atoms with Gasteiger partial charge in [0.05, 0.1) is 33.4 Å². The minimum absolute atomic E-state index is 0.0826. The molecule has 0 bridgehead atoms. The summed E-state index contributed by atoms with van der Waals surface area (Å²) in [6.45, 7) is 0. The Bertz CT molecular complexity index is 1200. The van der Waals surface area contributed by atoms with E-state index in [4.69, 9.17) is 39.5 Å². The van der Waals surface area contributed by atoms with E-state index >= 15 is 0 Å². The first-order chi connectivity index (χ1) is 14.2. The van der Waals surface area contributed by atoms with Gasteiger partial charge in [0.25, 0.3) is 15.9 Å². The van der Waals surface area contributed by atoms with Gasteiger partial charge in [0.15, 0.2) is 0 Å². The van der Waals surface area contributed by atoms with E-state index < -0.39 is 15.9 Å². The molecular formula is C20H15Cl3N2O4S. The normalized spacial score (nSPS) is 11.1. The molecule has 0 aromatic heterocycles. The number of amides is 1. The topological polar surface area (TPSA) is 84.5 Å². The van der Waals surface area contributed by atoms with Crippen molar-refractivity contribution in [1.29, 1.82) is 0 Å². The fraction of sp³-hybridized carbons (Fsp3) is 0.0500. The number of hydrogen-bond donors (Lipinski definition) is 2. The standard InChI is InChI=1S/C20H15Cl3N2O4S/c1-29-19-9-7-15(30(27,28)25-14-6-8-16(22)17(23)10-14)11-18(19)24-20(26)12-2-4-13(21)5-3-12/h2-11,25H,1H3,(H,24,26). The molecule has 0 fully saturated rings.